The van der Waals surface area contributed by atoms with Crippen molar-refractivity contribution >= 4 is 0 Å². The predicted octanol–water partition coefficient (Wildman–Crippen LogP) is 7.61. The zero-order valence-electron chi connectivity index (χ0n) is 17.5. The van der Waals surface area contributed by atoms with E-state index in [-0.39, 0.29) is 17.8 Å². The fraction of sp³-hybridized carbons (Fsp3) is 0.478. The van der Waals surface area contributed by atoms with E-state index in [9.17, 15) is 30.7 Å². The lowest BCUT2D eigenvalue weighted by Crippen LogP contribution is -2.21. The topological polar surface area (TPSA) is 18.5 Å². The molecule has 178 valence electrons. The highest BCUT2D eigenvalue weighted by molar-refractivity contribution is 5.64. The van der Waals surface area contributed by atoms with Crippen molar-refractivity contribution in [1.82, 2.24) is 0 Å². The van der Waals surface area contributed by atoms with Crippen molar-refractivity contribution in [2.24, 2.45) is 5.92 Å². The highest BCUT2D eigenvalue weighted by Crippen LogP contribution is 2.32. The third-order valence-corrected chi connectivity index (χ3v) is 5.11. The van der Waals surface area contributed by atoms with Crippen LogP contribution in [0.2, 0.25) is 0 Å². The average molecular weight is 466 g/mol. The lowest BCUT2D eigenvalue weighted by atomic mass is 9.86. The van der Waals surface area contributed by atoms with Crippen molar-refractivity contribution in [3.63, 3.8) is 0 Å². The smallest absolute Gasteiger partial charge is 0.399 e. The molecule has 0 aromatic heterocycles. The highest BCUT2D eigenvalue weighted by atomic mass is 19.4. The second-order valence-corrected chi connectivity index (χ2v) is 7.40. The Balaban J connectivity index is 0.000000258. The molecule has 1 fully saturated rings. The Hall–Kier alpha value is -2.29. The number of hydrogen-bond acceptors (Lipinski definition) is 2. The van der Waals surface area contributed by atoms with Gasteiger partial charge >= 0.3 is 6.36 Å². The summed E-state index contributed by atoms with van der Waals surface area (Å²) in [5.41, 5.74) is 0.220. The Morgan fingerprint density at radius 1 is 0.875 bits per heavy atom. The first-order valence-corrected chi connectivity index (χ1v) is 10.3. The van der Waals surface area contributed by atoms with Gasteiger partial charge in [-0.15, -0.1) is 13.2 Å². The first kappa shape index (κ1) is 26.0. The molecule has 2 aromatic carbocycles. The van der Waals surface area contributed by atoms with E-state index in [0.29, 0.717) is 24.2 Å². The number of alkyl halides is 4. The summed E-state index contributed by atoms with van der Waals surface area (Å²) in [5, 5.41) is 0. The van der Waals surface area contributed by atoms with Crippen LogP contribution < -0.4 is 4.74 Å². The summed E-state index contributed by atoms with van der Waals surface area (Å²) in [4.78, 5) is 0. The van der Waals surface area contributed by atoms with Gasteiger partial charge in [0.25, 0.3) is 0 Å². The molecular weight excluding hydrogens is 441 g/mol. The fourth-order valence-corrected chi connectivity index (χ4v) is 3.56. The Morgan fingerprint density at radius 2 is 1.44 bits per heavy atom. The largest absolute Gasteiger partial charge is 0.573 e. The van der Waals surface area contributed by atoms with Gasteiger partial charge in [-0.25, -0.2) is 13.2 Å². The van der Waals surface area contributed by atoms with E-state index in [1.807, 2.05) is 6.92 Å². The minimum atomic E-state index is -5.20. The van der Waals surface area contributed by atoms with Gasteiger partial charge in [0, 0.05) is 6.61 Å². The van der Waals surface area contributed by atoms with Crippen molar-refractivity contribution in [3.8, 4) is 16.9 Å². The van der Waals surface area contributed by atoms with Crippen LogP contribution in [-0.2, 0) is 4.74 Å². The molecule has 0 amide bonds. The molecule has 0 N–H and O–H groups in total. The molecule has 0 saturated heterocycles. The standard InChI is InChI=1S/C13H6F6O.C10H19FO/c14-9-3-1-7(2-4-9)8-5-10(15)12(11(16)6-8)20-13(17,18)19;1-2-12-10-5-3-9(4-6-10)7-8-11/h1-6H;9-10H,2-8H2,1H3. The highest BCUT2D eigenvalue weighted by Gasteiger charge is 2.34. The van der Waals surface area contributed by atoms with Crippen molar-refractivity contribution in [3.05, 3.63) is 53.8 Å². The van der Waals surface area contributed by atoms with Crippen molar-refractivity contribution in [2.75, 3.05) is 13.3 Å². The third-order valence-electron chi connectivity index (χ3n) is 5.11. The van der Waals surface area contributed by atoms with Gasteiger partial charge in [-0.1, -0.05) is 12.1 Å². The van der Waals surface area contributed by atoms with Crippen LogP contribution in [0.5, 0.6) is 5.75 Å². The van der Waals surface area contributed by atoms with E-state index in [1.54, 1.807) is 0 Å². The number of rotatable bonds is 6. The van der Waals surface area contributed by atoms with Gasteiger partial charge < -0.3 is 9.47 Å². The molecule has 0 bridgehead atoms. The summed E-state index contributed by atoms with van der Waals surface area (Å²) < 4.78 is 96.3. The van der Waals surface area contributed by atoms with Gasteiger partial charge in [0.2, 0.25) is 5.75 Å². The van der Waals surface area contributed by atoms with Crippen LogP contribution in [0.15, 0.2) is 36.4 Å². The molecule has 1 saturated carbocycles. The molecule has 0 unspecified atom stereocenters. The molecule has 1 aliphatic carbocycles. The number of halogens is 7. The summed E-state index contributed by atoms with van der Waals surface area (Å²) in [6.45, 7) is 2.70. The summed E-state index contributed by atoms with van der Waals surface area (Å²) in [5.74, 6) is -4.44. The summed E-state index contributed by atoms with van der Waals surface area (Å²) in [7, 11) is 0. The van der Waals surface area contributed by atoms with Crippen molar-refractivity contribution in [2.45, 2.75) is 51.5 Å². The van der Waals surface area contributed by atoms with Crippen LogP contribution in [0.1, 0.15) is 39.0 Å². The Morgan fingerprint density at radius 3 is 1.91 bits per heavy atom. The molecule has 2 nitrogen and oxygen atoms in total. The summed E-state index contributed by atoms with van der Waals surface area (Å²) in [6, 6.07) is 5.97. The van der Waals surface area contributed by atoms with Gasteiger partial charge in [-0.2, -0.15) is 0 Å². The van der Waals surface area contributed by atoms with Crippen LogP contribution >= 0.6 is 0 Å². The summed E-state index contributed by atoms with van der Waals surface area (Å²) in [6.07, 6.45) is 0.629. The average Bonchev–Trinajstić information content (AvgIpc) is 2.73. The molecule has 0 heterocycles. The van der Waals surface area contributed by atoms with Gasteiger partial charge in [-0.05, 0) is 80.3 Å². The molecule has 0 atom stereocenters. The molecule has 0 aliphatic heterocycles. The molecule has 0 radical (unpaired) electrons. The zero-order valence-corrected chi connectivity index (χ0v) is 17.5. The molecule has 1 aliphatic rings. The minimum Gasteiger partial charge on any atom is -0.399 e. The van der Waals surface area contributed by atoms with Crippen LogP contribution in [0.25, 0.3) is 11.1 Å². The maximum absolute atomic E-state index is 13.5. The molecular formula is C23H25F7O2. The van der Waals surface area contributed by atoms with E-state index in [1.165, 1.54) is 12.1 Å². The quantitative estimate of drug-likeness (QED) is 0.408. The normalized spacial score (nSPS) is 18.6. The van der Waals surface area contributed by atoms with Gasteiger partial charge in [-0.3, -0.25) is 4.39 Å². The van der Waals surface area contributed by atoms with Crippen LogP contribution in [-0.4, -0.2) is 25.7 Å². The van der Waals surface area contributed by atoms with E-state index < -0.39 is 29.6 Å². The van der Waals surface area contributed by atoms with Crippen LogP contribution in [0.3, 0.4) is 0 Å². The molecule has 32 heavy (non-hydrogen) atoms. The van der Waals surface area contributed by atoms with E-state index >= 15 is 0 Å². The van der Waals surface area contributed by atoms with Crippen molar-refractivity contribution < 1.29 is 40.2 Å². The lowest BCUT2D eigenvalue weighted by molar-refractivity contribution is -0.276. The fourth-order valence-electron chi connectivity index (χ4n) is 3.56. The first-order valence-electron chi connectivity index (χ1n) is 10.3. The second-order valence-electron chi connectivity index (χ2n) is 7.40. The van der Waals surface area contributed by atoms with Gasteiger partial charge in [0.05, 0.1) is 12.8 Å². The molecule has 2 aromatic rings. The number of benzene rings is 2. The maximum atomic E-state index is 13.5. The Labute approximate surface area is 182 Å². The second kappa shape index (κ2) is 12.1. The van der Waals surface area contributed by atoms with Gasteiger partial charge in [0.1, 0.15) is 5.82 Å². The van der Waals surface area contributed by atoms with Crippen molar-refractivity contribution in [1.29, 1.82) is 0 Å². The SMILES string of the molecule is CCOC1CCC(CCF)CC1.Fc1ccc(-c2cc(F)c(OC(F)(F)F)c(F)c2)cc1. The molecule has 3 rings (SSSR count). The Bertz CT molecular complexity index is 792. The monoisotopic (exact) mass is 466 g/mol. The number of ether oxygens (including phenoxy) is 2. The zero-order chi connectivity index (χ0) is 23.7. The number of hydrogen-bond donors (Lipinski definition) is 0. The molecule has 9 heteroatoms. The predicted molar refractivity (Wildman–Crippen MR) is 106 cm³/mol. The van der Waals surface area contributed by atoms with Gasteiger partial charge in [0.15, 0.2) is 11.6 Å². The first-order chi connectivity index (χ1) is 15.1. The minimum absolute atomic E-state index is 0.0328. The summed E-state index contributed by atoms with van der Waals surface area (Å²) >= 11 is 0. The van der Waals surface area contributed by atoms with Crippen LogP contribution in [0, 0.1) is 23.4 Å². The maximum Gasteiger partial charge on any atom is 0.573 e. The van der Waals surface area contributed by atoms with E-state index in [2.05, 4.69) is 4.74 Å². The third kappa shape index (κ3) is 8.33. The van der Waals surface area contributed by atoms with E-state index in [4.69, 9.17) is 4.74 Å². The van der Waals surface area contributed by atoms with Crippen LogP contribution in [0.4, 0.5) is 30.7 Å². The Kier molecular flexibility index (Phi) is 9.81. The lowest BCUT2D eigenvalue weighted by Gasteiger charge is -2.27. The molecule has 0 spiro atoms. The van der Waals surface area contributed by atoms with E-state index in [0.717, 1.165) is 50.8 Å².